The molecule has 0 aliphatic rings. The molecule has 31 heavy (non-hydrogen) atoms. The Balaban J connectivity index is 1.55. The monoisotopic (exact) mass is 432 g/mol. The maximum Gasteiger partial charge on any atom is 0.267 e. The highest BCUT2D eigenvalue weighted by molar-refractivity contribution is 6.30. The number of rotatable bonds is 4. The molecule has 2 aromatic carbocycles. The van der Waals surface area contributed by atoms with Crippen LogP contribution in [0.4, 0.5) is 0 Å². The molecule has 154 valence electrons. The van der Waals surface area contributed by atoms with Crippen LogP contribution < -0.4 is 5.56 Å². The van der Waals surface area contributed by atoms with E-state index in [1.807, 2.05) is 38.1 Å². The molecule has 0 N–H and O–H groups in total. The van der Waals surface area contributed by atoms with Gasteiger partial charge in [0.2, 0.25) is 5.89 Å². The second kappa shape index (κ2) is 7.52. The predicted octanol–water partition coefficient (Wildman–Crippen LogP) is 5.03. The van der Waals surface area contributed by atoms with Gasteiger partial charge in [0.1, 0.15) is 28.9 Å². The average Bonchev–Trinajstić information content (AvgIpc) is 3.35. The van der Waals surface area contributed by atoms with Crippen LogP contribution in [0.25, 0.3) is 33.8 Å². The zero-order valence-corrected chi connectivity index (χ0v) is 17.6. The first-order chi connectivity index (χ1) is 15.0. The minimum absolute atomic E-state index is 0.184. The molecular weight excluding hydrogens is 416 g/mol. The number of oxazole rings is 1. The lowest BCUT2D eigenvalue weighted by Gasteiger charge is -2.03. The first-order valence-electron chi connectivity index (χ1n) is 9.64. The molecule has 0 aliphatic carbocycles. The predicted molar refractivity (Wildman–Crippen MR) is 117 cm³/mol. The molecule has 3 heterocycles. The average molecular weight is 433 g/mol. The molecule has 0 fully saturated rings. The van der Waals surface area contributed by atoms with Gasteiger partial charge in [-0.05, 0) is 38.1 Å². The van der Waals surface area contributed by atoms with Gasteiger partial charge in [-0.25, -0.2) is 9.97 Å². The third-order valence-electron chi connectivity index (χ3n) is 5.06. The van der Waals surface area contributed by atoms with E-state index in [0.717, 1.165) is 16.7 Å². The molecule has 0 atom stereocenters. The Kier molecular flexibility index (Phi) is 4.67. The van der Waals surface area contributed by atoms with Crippen molar-refractivity contribution >= 4 is 22.7 Å². The number of aromatic nitrogens is 4. The van der Waals surface area contributed by atoms with Gasteiger partial charge in [0.15, 0.2) is 0 Å². The Morgan fingerprint density at radius 2 is 1.87 bits per heavy atom. The number of hydrogen-bond acceptors (Lipinski definition) is 6. The Bertz CT molecular complexity index is 1460. The lowest BCUT2D eigenvalue weighted by Crippen LogP contribution is -2.21. The van der Waals surface area contributed by atoms with Gasteiger partial charge in [0, 0.05) is 16.1 Å². The summed E-state index contributed by atoms with van der Waals surface area (Å²) < 4.78 is 12.6. The molecule has 7 nitrogen and oxygen atoms in total. The van der Waals surface area contributed by atoms with Crippen molar-refractivity contribution in [3.05, 3.63) is 87.3 Å². The van der Waals surface area contributed by atoms with E-state index in [1.54, 1.807) is 24.3 Å². The Morgan fingerprint density at radius 3 is 2.65 bits per heavy atom. The van der Waals surface area contributed by atoms with Crippen LogP contribution in [-0.2, 0) is 6.54 Å². The first kappa shape index (κ1) is 19.3. The molecule has 0 amide bonds. The van der Waals surface area contributed by atoms with Gasteiger partial charge in [0.25, 0.3) is 11.3 Å². The summed E-state index contributed by atoms with van der Waals surface area (Å²) in [5, 5.41) is 4.95. The summed E-state index contributed by atoms with van der Waals surface area (Å²) in [6, 6.07) is 14.9. The highest BCUT2D eigenvalue weighted by atomic mass is 35.5. The summed E-state index contributed by atoms with van der Waals surface area (Å²) in [6.07, 6.45) is 1.43. The fraction of sp³-hybridized carbons (Fsp3) is 0.130. The Labute approximate surface area is 181 Å². The largest absolute Gasteiger partial charge is 0.441 e. The van der Waals surface area contributed by atoms with Crippen LogP contribution in [0.3, 0.4) is 0 Å². The van der Waals surface area contributed by atoms with Crippen molar-refractivity contribution in [3.63, 3.8) is 0 Å². The zero-order valence-electron chi connectivity index (χ0n) is 16.8. The van der Waals surface area contributed by atoms with E-state index in [9.17, 15) is 4.79 Å². The van der Waals surface area contributed by atoms with Crippen molar-refractivity contribution in [2.75, 3.05) is 0 Å². The van der Waals surface area contributed by atoms with Gasteiger partial charge in [-0.1, -0.05) is 46.6 Å². The third-order valence-corrected chi connectivity index (χ3v) is 5.31. The van der Waals surface area contributed by atoms with Crippen molar-refractivity contribution < 1.29 is 8.94 Å². The van der Waals surface area contributed by atoms with Crippen LogP contribution in [0.5, 0.6) is 0 Å². The summed E-state index contributed by atoms with van der Waals surface area (Å²) in [5.41, 5.74) is 3.72. The van der Waals surface area contributed by atoms with E-state index in [0.29, 0.717) is 33.4 Å². The fourth-order valence-electron chi connectivity index (χ4n) is 3.44. The lowest BCUT2D eigenvalue weighted by molar-refractivity contribution is 0.450. The highest BCUT2D eigenvalue weighted by Gasteiger charge is 2.19. The summed E-state index contributed by atoms with van der Waals surface area (Å²) in [4.78, 5) is 22.1. The Hall–Kier alpha value is -3.71. The topological polar surface area (TPSA) is 87.0 Å². The van der Waals surface area contributed by atoms with Crippen molar-refractivity contribution in [1.29, 1.82) is 0 Å². The van der Waals surface area contributed by atoms with Gasteiger partial charge < -0.3 is 8.94 Å². The summed E-state index contributed by atoms with van der Waals surface area (Å²) in [5.74, 6) is 1.16. The Morgan fingerprint density at radius 1 is 1.06 bits per heavy atom. The van der Waals surface area contributed by atoms with Crippen LogP contribution in [0.15, 0.2) is 68.6 Å². The summed E-state index contributed by atoms with van der Waals surface area (Å²) >= 11 is 5.97. The SMILES string of the molecule is Cc1cccc(-c2nc(Cn3cnc4onc(-c5ccc(Cl)cc5)c4c3=O)c(C)o2)c1. The maximum atomic E-state index is 13.2. The minimum Gasteiger partial charge on any atom is -0.441 e. The minimum atomic E-state index is -0.268. The maximum absolute atomic E-state index is 13.2. The molecule has 0 saturated carbocycles. The molecule has 0 unspecified atom stereocenters. The van der Waals surface area contributed by atoms with E-state index in [2.05, 4.69) is 15.1 Å². The first-order valence-corrected chi connectivity index (χ1v) is 10.0. The molecule has 0 spiro atoms. The van der Waals surface area contributed by atoms with Crippen LogP contribution in [0.2, 0.25) is 5.02 Å². The van der Waals surface area contributed by atoms with Crippen molar-refractivity contribution in [2.24, 2.45) is 0 Å². The number of aryl methyl sites for hydroxylation is 2. The molecule has 0 radical (unpaired) electrons. The molecule has 3 aromatic heterocycles. The molecule has 5 aromatic rings. The number of fused-ring (bicyclic) bond motifs is 1. The molecular formula is C23H17ClN4O3. The number of nitrogens with zero attached hydrogens (tertiary/aromatic N) is 4. The van der Waals surface area contributed by atoms with Gasteiger partial charge in [-0.3, -0.25) is 9.36 Å². The van der Waals surface area contributed by atoms with Crippen molar-refractivity contribution in [2.45, 2.75) is 20.4 Å². The fourth-order valence-corrected chi connectivity index (χ4v) is 3.56. The van der Waals surface area contributed by atoms with E-state index >= 15 is 0 Å². The standard InChI is InChI=1S/C23H17ClN4O3/c1-13-4-3-5-16(10-13)21-26-18(14(2)30-21)11-28-12-25-22-19(23(28)29)20(27-31-22)15-6-8-17(24)9-7-15/h3-10,12H,11H2,1-2H3. The van der Waals surface area contributed by atoms with Gasteiger partial charge in [0.05, 0.1) is 6.54 Å². The van der Waals surface area contributed by atoms with Gasteiger partial charge >= 0.3 is 0 Å². The van der Waals surface area contributed by atoms with E-state index in [-0.39, 0.29) is 17.8 Å². The van der Waals surface area contributed by atoms with Gasteiger partial charge in [-0.15, -0.1) is 0 Å². The number of halogens is 1. The van der Waals surface area contributed by atoms with E-state index in [4.69, 9.17) is 20.5 Å². The summed E-state index contributed by atoms with van der Waals surface area (Å²) in [6.45, 7) is 4.06. The normalized spacial score (nSPS) is 11.3. The molecule has 5 rings (SSSR count). The highest BCUT2D eigenvalue weighted by Crippen LogP contribution is 2.26. The van der Waals surface area contributed by atoms with Crippen molar-refractivity contribution in [1.82, 2.24) is 19.7 Å². The van der Waals surface area contributed by atoms with Crippen LogP contribution in [-0.4, -0.2) is 19.7 Å². The molecule has 0 saturated heterocycles. The number of hydrogen-bond donors (Lipinski definition) is 0. The second-order valence-electron chi connectivity index (χ2n) is 7.29. The smallest absolute Gasteiger partial charge is 0.267 e. The van der Waals surface area contributed by atoms with Crippen molar-refractivity contribution in [3.8, 4) is 22.7 Å². The molecule has 0 bridgehead atoms. The van der Waals surface area contributed by atoms with E-state index in [1.165, 1.54) is 10.9 Å². The number of benzene rings is 2. The molecule has 0 aliphatic heterocycles. The molecule has 8 heteroatoms. The quantitative estimate of drug-likeness (QED) is 0.396. The lowest BCUT2D eigenvalue weighted by atomic mass is 10.1. The van der Waals surface area contributed by atoms with Gasteiger partial charge in [-0.2, -0.15) is 0 Å². The summed E-state index contributed by atoms with van der Waals surface area (Å²) in [7, 11) is 0. The van der Waals surface area contributed by atoms with E-state index < -0.39 is 0 Å². The van der Waals surface area contributed by atoms with Crippen LogP contribution in [0, 0.1) is 13.8 Å². The van der Waals surface area contributed by atoms with Crippen LogP contribution in [0.1, 0.15) is 17.0 Å². The zero-order chi connectivity index (χ0) is 21.5. The second-order valence-corrected chi connectivity index (χ2v) is 7.72. The third kappa shape index (κ3) is 3.53. The van der Waals surface area contributed by atoms with Crippen LogP contribution >= 0.6 is 11.6 Å².